The van der Waals surface area contributed by atoms with E-state index in [9.17, 15) is 0 Å². The summed E-state index contributed by atoms with van der Waals surface area (Å²) in [5.74, 6) is 0. The number of hydrogen-bond donors (Lipinski definition) is 0. The molecule has 0 fully saturated rings. The molecule has 2 aliphatic rings. The Bertz CT molecular complexity index is 4180. The molecule has 0 atom stereocenters. The van der Waals surface area contributed by atoms with Crippen molar-refractivity contribution in [2.24, 2.45) is 0 Å². The van der Waals surface area contributed by atoms with E-state index < -0.39 is 5.41 Å². The molecule has 15 rings (SSSR count). The lowest BCUT2D eigenvalue weighted by atomic mass is 9.70. The lowest BCUT2D eigenvalue weighted by Crippen LogP contribution is -2.26. The summed E-state index contributed by atoms with van der Waals surface area (Å²) in [5, 5.41) is 6.80. The van der Waals surface area contributed by atoms with E-state index in [1.807, 2.05) is 24.3 Å². The summed E-state index contributed by atoms with van der Waals surface area (Å²) in [5.41, 5.74) is 19.7. The molecule has 2 aliphatic carbocycles. The number of para-hydroxylation sites is 4. The van der Waals surface area contributed by atoms with Gasteiger partial charge in [-0.25, -0.2) is 0 Å². The van der Waals surface area contributed by atoms with Crippen molar-refractivity contribution in [2.75, 3.05) is 9.80 Å². The summed E-state index contributed by atoms with van der Waals surface area (Å²) in [4.78, 5) is 4.77. The summed E-state index contributed by atoms with van der Waals surface area (Å²) in [6.45, 7) is 0. The van der Waals surface area contributed by atoms with Crippen LogP contribution in [-0.2, 0) is 5.41 Å². The zero-order valence-electron chi connectivity index (χ0n) is 37.3. The molecule has 0 unspecified atom stereocenters. The third-order valence-corrected chi connectivity index (χ3v) is 14.8. The summed E-state index contributed by atoms with van der Waals surface area (Å²) in [7, 11) is 0. The third-order valence-electron chi connectivity index (χ3n) is 14.8. The Kier molecular flexibility index (Phi) is 7.96. The average Bonchev–Trinajstić information content (AvgIpc) is 4.14. The average molecular weight is 881 g/mol. The summed E-state index contributed by atoms with van der Waals surface area (Å²) >= 11 is 0. The second kappa shape index (κ2) is 14.4. The minimum Gasteiger partial charge on any atom is -0.456 e. The normalized spacial score (nSPS) is 13.0. The van der Waals surface area contributed by atoms with Gasteiger partial charge >= 0.3 is 0 Å². The maximum Gasteiger partial charge on any atom is 0.135 e. The zero-order chi connectivity index (χ0) is 45.2. The number of rotatable bonds is 6. The number of hydrogen-bond acceptors (Lipinski definition) is 4. The Morgan fingerprint density at radius 2 is 0.681 bits per heavy atom. The number of anilines is 6. The molecule has 2 aromatic heterocycles. The second-order valence-electron chi connectivity index (χ2n) is 18.4. The Morgan fingerprint density at radius 1 is 0.246 bits per heavy atom. The van der Waals surface area contributed by atoms with Crippen LogP contribution >= 0.6 is 0 Å². The maximum atomic E-state index is 6.32. The predicted molar refractivity (Wildman–Crippen MR) is 284 cm³/mol. The van der Waals surface area contributed by atoms with Crippen molar-refractivity contribution in [3.8, 4) is 22.3 Å². The first-order valence-corrected chi connectivity index (χ1v) is 23.6. The van der Waals surface area contributed by atoms with Gasteiger partial charge in [0.15, 0.2) is 0 Å². The molecule has 0 aliphatic heterocycles. The Balaban J connectivity index is 0.953. The van der Waals surface area contributed by atoms with Crippen LogP contribution in [0, 0.1) is 0 Å². The maximum absolute atomic E-state index is 6.32. The van der Waals surface area contributed by atoms with E-state index in [1.54, 1.807) is 0 Å². The van der Waals surface area contributed by atoms with Crippen LogP contribution < -0.4 is 9.80 Å². The van der Waals surface area contributed by atoms with Gasteiger partial charge in [0.25, 0.3) is 0 Å². The lowest BCUT2D eigenvalue weighted by Gasteiger charge is -2.32. The quantitative estimate of drug-likeness (QED) is 0.167. The topological polar surface area (TPSA) is 32.8 Å². The minimum atomic E-state index is -0.572. The van der Waals surface area contributed by atoms with Crippen LogP contribution in [0.5, 0.6) is 0 Å². The molecular formula is C65H40N2O2. The van der Waals surface area contributed by atoms with Crippen LogP contribution in [-0.4, -0.2) is 0 Å². The molecule has 4 nitrogen and oxygen atoms in total. The standard InChI is InChI=1S/C65H40N2O2/c1-3-15-43(16-4-1)66(46-30-33-63-55(38-46)52-21-9-13-25-61(52)68-63)45-28-27-41-36-54-51-32-29-48(67(44-17-5-2-6-18-44)47-31-34-64-56(39-47)53-22-10-14-26-62(53)69-64)40-60(51)65(59(54)37-42(41)35-45)57-23-11-7-19-49(57)50-20-8-12-24-58(50)65/h1-40H. The van der Waals surface area contributed by atoms with Crippen molar-refractivity contribution in [3.05, 3.63) is 265 Å². The Morgan fingerprint density at radius 3 is 1.28 bits per heavy atom. The van der Waals surface area contributed by atoms with Crippen molar-refractivity contribution in [2.45, 2.75) is 5.41 Å². The van der Waals surface area contributed by atoms with Gasteiger partial charge < -0.3 is 18.6 Å². The molecule has 11 aromatic carbocycles. The molecule has 69 heavy (non-hydrogen) atoms. The lowest BCUT2D eigenvalue weighted by molar-refractivity contribution is 0.668. The second-order valence-corrected chi connectivity index (χ2v) is 18.4. The third kappa shape index (κ3) is 5.45. The highest BCUT2D eigenvalue weighted by molar-refractivity contribution is 6.08. The van der Waals surface area contributed by atoms with Gasteiger partial charge in [-0.3, -0.25) is 0 Å². The highest BCUT2D eigenvalue weighted by atomic mass is 16.3. The molecule has 0 amide bonds. The van der Waals surface area contributed by atoms with Crippen molar-refractivity contribution in [1.82, 2.24) is 0 Å². The Hall–Kier alpha value is -9.12. The molecule has 1 spiro atoms. The van der Waals surface area contributed by atoms with Crippen LogP contribution in [0.1, 0.15) is 22.3 Å². The van der Waals surface area contributed by atoms with E-state index >= 15 is 0 Å². The van der Waals surface area contributed by atoms with E-state index in [2.05, 4.69) is 228 Å². The van der Waals surface area contributed by atoms with Gasteiger partial charge in [-0.15, -0.1) is 0 Å². The van der Waals surface area contributed by atoms with Gasteiger partial charge in [-0.2, -0.15) is 0 Å². The van der Waals surface area contributed by atoms with E-state index in [0.717, 1.165) is 78.0 Å². The van der Waals surface area contributed by atoms with Crippen LogP contribution in [0.2, 0.25) is 0 Å². The fourth-order valence-electron chi connectivity index (χ4n) is 11.9. The first-order chi connectivity index (χ1) is 34.2. The van der Waals surface area contributed by atoms with E-state index in [1.165, 1.54) is 55.3 Å². The predicted octanol–water partition coefficient (Wildman–Crippen LogP) is 17.9. The van der Waals surface area contributed by atoms with Gasteiger partial charge in [0.1, 0.15) is 22.3 Å². The van der Waals surface area contributed by atoms with Crippen molar-refractivity contribution in [1.29, 1.82) is 0 Å². The largest absolute Gasteiger partial charge is 0.456 e. The molecule has 13 aromatic rings. The van der Waals surface area contributed by atoms with Crippen LogP contribution in [0.4, 0.5) is 34.1 Å². The molecule has 0 N–H and O–H groups in total. The summed E-state index contributed by atoms with van der Waals surface area (Å²) < 4.78 is 12.6. The van der Waals surface area contributed by atoms with Crippen LogP contribution in [0.15, 0.2) is 251 Å². The van der Waals surface area contributed by atoms with Crippen LogP contribution in [0.25, 0.3) is 76.9 Å². The molecule has 4 heteroatoms. The van der Waals surface area contributed by atoms with Crippen molar-refractivity contribution in [3.63, 3.8) is 0 Å². The van der Waals surface area contributed by atoms with Gasteiger partial charge in [0, 0.05) is 55.7 Å². The number of furan rings is 2. The number of fused-ring (bicyclic) bond motifs is 17. The molecular weight excluding hydrogens is 841 g/mol. The number of benzene rings is 11. The van der Waals surface area contributed by atoms with Crippen molar-refractivity contribution < 1.29 is 8.83 Å². The Labute approximate surface area is 398 Å². The summed E-state index contributed by atoms with van der Waals surface area (Å²) in [6.07, 6.45) is 0. The fourth-order valence-corrected chi connectivity index (χ4v) is 11.9. The first-order valence-electron chi connectivity index (χ1n) is 23.6. The zero-order valence-corrected chi connectivity index (χ0v) is 37.3. The van der Waals surface area contributed by atoms with Gasteiger partial charge in [-0.05, 0) is 164 Å². The highest BCUT2D eigenvalue weighted by Crippen LogP contribution is 2.64. The van der Waals surface area contributed by atoms with Crippen LogP contribution in [0.3, 0.4) is 0 Å². The fraction of sp³-hybridized carbons (Fsp3) is 0.0154. The van der Waals surface area contributed by atoms with Gasteiger partial charge in [-0.1, -0.05) is 133 Å². The van der Waals surface area contributed by atoms with E-state index in [0.29, 0.717) is 0 Å². The highest BCUT2D eigenvalue weighted by Gasteiger charge is 2.52. The number of nitrogens with zero attached hydrogens (tertiary/aromatic N) is 2. The van der Waals surface area contributed by atoms with E-state index in [4.69, 9.17) is 8.83 Å². The first kappa shape index (κ1) is 38.0. The smallest absolute Gasteiger partial charge is 0.135 e. The molecule has 322 valence electrons. The van der Waals surface area contributed by atoms with E-state index in [-0.39, 0.29) is 0 Å². The molecule has 0 saturated heterocycles. The van der Waals surface area contributed by atoms with Gasteiger partial charge in [0.05, 0.1) is 5.41 Å². The molecule has 0 saturated carbocycles. The monoisotopic (exact) mass is 880 g/mol. The molecule has 0 radical (unpaired) electrons. The summed E-state index contributed by atoms with van der Waals surface area (Å²) in [6, 6.07) is 88.3. The molecule has 2 heterocycles. The SMILES string of the molecule is c1ccc(N(c2ccc3c(c2)C2(c4ccccc4-c4ccccc42)c2cc4cc(N(c5ccccc5)c5ccc6oc7ccccc7c6c5)ccc4cc2-3)c2ccc3oc4ccccc4c3c2)cc1. The van der Waals surface area contributed by atoms with Crippen molar-refractivity contribution >= 4 is 88.8 Å². The minimum absolute atomic E-state index is 0.572. The van der Waals surface area contributed by atoms with Gasteiger partial charge in [0.2, 0.25) is 0 Å². The molecule has 0 bridgehead atoms.